The Morgan fingerprint density at radius 2 is 1.85 bits per heavy atom. The highest BCUT2D eigenvalue weighted by Gasteiger charge is 2.29. The van der Waals surface area contributed by atoms with Crippen molar-refractivity contribution in [2.45, 2.75) is 56.5 Å². The van der Waals surface area contributed by atoms with Gasteiger partial charge in [-0.2, -0.15) is 0 Å². The van der Waals surface area contributed by atoms with Crippen molar-refractivity contribution in [1.82, 2.24) is 30.9 Å². The molecule has 2 aliphatic carbocycles. The molecule has 4 rings (SSSR count). The van der Waals surface area contributed by atoms with E-state index in [1.54, 1.807) is 19.4 Å². The van der Waals surface area contributed by atoms with E-state index in [1.807, 2.05) is 12.1 Å². The van der Waals surface area contributed by atoms with Crippen molar-refractivity contribution >= 4 is 23.2 Å². The van der Waals surface area contributed by atoms with Crippen molar-refractivity contribution < 1.29 is 9.59 Å². The number of nitrogens with zero attached hydrogens (tertiary/aromatic N) is 3. The molecule has 0 spiro atoms. The Balaban J connectivity index is 1.53. The molecule has 2 heterocycles. The molecule has 0 saturated heterocycles. The molecule has 2 amide bonds. The van der Waals surface area contributed by atoms with Crippen LogP contribution in [0, 0.1) is 0 Å². The van der Waals surface area contributed by atoms with Gasteiger partial charge in [0.15, 0.2) is 5.69 Å². The Hall–Kier alpha value is -3.53. The second kappa shape index (κ2) is 10.4. The van der Waals surface area contributed by atoms with Gasteiger partial charge in [0.1, 0.15) is 12.4 Å². The molecule has 2 saturated carbocycles. The molecule has 1 atom stereocenters. The van der Waals surface area contributed by atoms with Gasteiger partial charge in [0, 0.05) is 30.9 Å². The van der Waals surface area contributed by atoms with Crippen molar-refractivity contribution in [3.8, 4) is 0 Å². The van der Waals surface area contributed by atoms with Crippen LogP contribution in [-0.2, 0) is 4.79 Å². The lowest BCUT2D eigenvalue weighted by atomic mass is 10.1. The molecule has 2 aromatic rings. The maximum atomic E-state index is 13.3. The average molecular weight is 451 g/mol. The van der Waals surface area contributed by atoms with E-state index in [0.717, 1.165) is 44.2 Å². The minimum absolute atomic E-state index is 0.135. The van der Waals surface area contributed by atoms with Crippen molar-refractivity contribution in [3.05, 3.63) is 54.1 Å². The summed E-state index contributed by atoms with van der Waals surface area (Å²) in [4.78, 5) is 38.6. The zero-order valence-electron chi connectivity index (χ0n) is 18.7. The van der Waals surface area contributed by atoms with Gasteiger partial charge in [0.2, 0.25) is 5.91 Å². The first-order chi connectivity index (χ1) is 16.0. The first kappa shape index (κ1) is 22.7. The molecule has 2 aliphatic rings. The quantitative estimate of drug-likeness (QED) is 0.388. The fourth-order valence-electron chi connectivity index (χ4n) is 3.93. The van der Waals surface area contributed by atoms with Crippen LogP contribution in [0.15, 0.2) is 42.8 Å². The van der Waals surface area contributed by atoms with E-state index in [2.05, 4.69) is 36.2 Å². The van der Waals surface area contributed by atoms with Crippen molar-refractivity contribution in [2.75, 3.05) is 12.4 Å². The summed E-state index contributed by atoms with van der Waals surface area (Å²) in [6, 6.07) is 2.87. The van der Waals surface area contributed by atoms with Crippen LogP contribution in [0.3, 0.4) is 0 Å². The Labute approximate surface area is 192 Å². The Bertz CT molecular complexity index is 1020. The number of nitrogens with one attached hydrogen (secondary N) is 4. The van der Waals surface area contributed by atoms with Crippen LogP contribution in [0.1, 0.15) is 60.6 Å². The van der Waals surface area contributed by atoms with E-state index < -0.39 is 11.9 Å². The minimum atomic E-state index is -1.02. The van der Waals surface area contributed by atoms with Gasteiger partial charge in [-0.15, -0.1) is 0 Å². The summed E-state index contributed by atoms with van der Waals surface area (Å²) in [7, 11) is 1.68. The average Bonchev–Trinajstić information content (AvgIpc) is 3.55. The molecule has 6 N–H and O–H groups in total. The highest BCUT2D eigenvalue weighted by atomic mass is 16.2. The van der Waals surface area contributed by atoms with Crippen LogP contribution in [0.5, 0.6) is 0 Å². The number of hydrogen-bond donors (Lipinski definition) is 5. The fraction of sp³-hybridized carbons (Fsp3) is 0.435. The number of aromatic nitrogens is 3. The van der Waals surface area contributed by atoms with Gasteiger partial charge in [-0.3, -0.25) is 9.59 Å². The monoisotopic (exact) mass is 450 g/mol. The summed E-state index contributed by atoms with van der Waals surface area (Å²) in [5, 5.41) is 11.8. The second-order valence-corrected chi connectivity index (χ2v) is 8.47. The molecule has 174 valence electrons. The third-order valence-electron chi connectivity index (χ3n) is 5.84. The SMILES string of the molecule is CN/C=C(/NC(=O)c1nc(C2CC2)ccc1Nc1cncnc1)C(N)C(=O)NC1CCCC1. The van der Waals surface area contributed by atoms with Crippen molar-refractivity contribution in [2.24, 2.45) is 5.73 Å². The number of anilines is 2. The molecule has 0 radical (unpaired) electrons. The molecule has 0 bridgehead atoms. The Morgan fingerprint density at radius 1 is 1.12 bits per heavy atom. The lowest BCUT2D eigenvalue weighted by molar-refractivity contribution is -0.122. The largest absolute Gasteiger partial charge is 0.393 e. The molecule has 33 heavy (non-hydrogen) atoms. The van der Waals surface area contributed by atoms with Crippen LogP contribution in [0.25, 0.3) is 0 Å². The number of amides is 2. The van der Waals surface area contributed by atoms with Gasteiger partial charge in [0.05, 0.1) is 29.5 Å². The molecular weight excluding hydrogens is 420 g/mol. The summed E-state index contributed by atoms with van der Waals surface area (Å²) < 4.78 is 0. The topological polar surface area (TPSA) is 147 Å². The zero-order valence-corrected chi connectivity index (χ0v) is 18.7. The normalized spacial score (nSPS) is 17.3. The molecule has 1 unspecified atom stereocenters. The Kier molecular flexibility index (Phi) is 7.13. The summed E-state index contributed by atoms with van der Waals surface area (Å²) in [6.07, 6.45) is 12.4. The third kappa shape index (κ3) is 5.83. The number of hydrogen-bond acceptors (Lipinski definition) is 8. The van der Waals surface area contributed by atoms with Crippen LogP contribution in [0.2, 0.25) is 0 Å². The van der Waals surface area contributed by atoms with E-state index >= 15 is 0 Å². The molecule has 2 fully saturated rings. The lowest BCUT2D eigenvalue weighted by Crippen LogP contribution is -2.49. The van der Waals surface area contributed by atoms with Gasteiger partial charge in [-0.1, -0.05) is 12.8 Å². The van der Waals surface area contributed by atoms with Crippen LogP contribution >= 0.6 is 0 Å². The van der Waals surface area contributed by atoms with Crippen LogP contribution in [0.4, 0.5) is 11.4 Å². The Morgan fingerprint density at radius 3 is 2.52 bits per heavy atom. The number of nitrogens with two attached hydrogens (primary N) is 1. The minimum Gasteiger partial charge on any atom is -0.393 e. The maximum absolute atomic E-state index is 13.3. The smallest absolute Gasteiger partial charge is 0.276 e. The summed E-state index contributed by atoms with van der Waals surface area (Å²) in [6.45, 7) is 0. The molecule has 10 nitrogen and oxygen atoms in total. The van der Waals surface area contributed by atoms with Crippen LogP contribution < -0.4 is 27.0 Å². The number of carbonyl (C=O) groups excluding carboxylic acids is 2. The van der Waals surface area contributed by atoms with E-state index in [4.69, 9.17) is 5.73 Å². The first-order valence-electron chi connectivity index (χ1n) is 11.3. The first-order valence-corrected chi connectivity index (χ1v) is 11.3. The van der Waals surface area contributed by atoms with E-state index in [0.29, 0.717) is 17.3 Å². The van der Waals surface area contributed by atoms with E-state index in [-0.39, 0.29) is 23.3 Å². The second-order valence-electron chi connectivity index (χ2n) is 8.47. The summed E-state index contributed by atoms with van der Waals surface area (Å²) in [5.74, 6) is -0.400. The van der Waals surface area contributed by atoms with E-state index in [9.17, 15) is 9.59 Å². The van der Waals surface area contributed by atoms with Gasteiger partial charge >= 0.3 is 0 Å². The predicted octanol–water partition coefficient (Wildman–Crippen LogP) is 1.67. The van der Waals surface area contributed by atoms with Gasteiger partial charge in [-0.25, -0.2) is 15.0 Å². The number of rotatable bonds is 9. The lowest BCUT2D eigenvalue weighted by Gasteiger charge is -2.20. The highest BCUT2D eigenvalue weighted by Crippen LogP contribution is 2.39. The fourth-order valence-corrected chi connectivity index (χ4v) is 3.93. The molecular formula is C23H30N8O2. The predicted molar refractivity (Wildman–Crippen MR) is 125 cm³/mol. The zero-order chi connectivity index (χ0) is 23.2. The number of pyridine rings is 1. The van der Waals surface area contributed by atoms with Crippen LogP contribution in [-0.4, -0.2) is 45.9 Å². The summed E-state index contributed by atoms with van der Waals surface area (Å²) in [5.41, 5.74) is 8.72. The van der Waals surface area contributed by atoms with Gasteiger partial charge in [0.25, 0.3) is 5.91 Å². The van der Waals surface area contributed by atoms with Crippen molar-refractivity contribution in [3.63, 3.8) is 0 Å². The number of carbonyl (C=O) groups is 2. The third-order valence-corrected chi connectivity index (χ3v) is 5.84. The molecule has 10 heteroatoms. The summed E-state index contributed by atoms with van der Waals surface area (Å²) >= 11 is 0. The molecule has 0 aliphatic heterocycles. The van der Waals surface area contributed by atoms with E-state index in [1.165, 1.54) is 12.5 Å². The highest BCUT2D eigenvalue weighted by molar-refractivity contribution is 6.00. The standard InChI is InChI=1S/C23H30N8O2/c1-25-12-19(20(24)22(32)29-15-4-2-3-5-15)31-23(33)21-18(28-16-10-26-13-27-11-16)9-8-17(30-21)14-6-7-14/h8-15,20,25,28H,2-7,24H2,1H3,(H,29,32)(H,31,33)/b19-12+. The molecule has 0 aromatic carbocycles. The van der Waals surface area contributed by atoms with Gasteiger partial charge < -0.3 is 27.0 Å². The van der Waals surface area contributed by atoms with Gasteiger partial charge in [-0.05, 0) is 37.8 Å². The molecule has 2 aromatic heterocycles. The van der Waals surface area contributed by atoms with Crippen molar-refractivity contribution in [1.29, 1.82) is 0 Å². The maximum Gasteiger partial charge on any atom is 0.276 e.